The maximum absolute atomic E-state index is 13.7. The number of pyridine rings is 2. The Balaban J connectivity index is 1.59. The maximum atomic E-state index is 13.7. The molecule has 0 spiro atoms. The Bertz CT molecular complexity index is 1150. The number of benzene rings is 1. The Hall–Kier alpha value is -3.35. The van der Waals surface area contributed by atoms with E-state index in [2.05, 4.69) is 22.2 Å². The average molecular weight is 418 g/mol. The van der Waals surface area contributed by atoms with Gasteiger partial charge in [-0.3, -0.25) is 4.79 Å². The van der Waals surface area contributed by atoms with Crippen LogP contribution >= 0.6 is 0 Å². The highest BCUT2D eigenvalue weighted by molar-refractivity contribution is 6.07. The van der Waals surface area contributed by atoms with Gasteiger partial charge in [0.15, 0.2) is 17.1 Å². The van der Waals surface area contributed by atoms with Crippen molar-refractivity contribution >= 4 is 28.3 Å². The molecule has 3 aromatic rings. The van der Waals surface area contributed by atoms with Crippen LogP contribution in [0.1, 0.15) is 48.7 Å². The molecular formula is C24H26N4O3. The molecule has 7 heteroatoms. The summed E-state index contributed by atoms with van der Waals surface area (Å²) < 4.78 is 10.9. The maximum Gasteiger partial charge on any atom is 0.257 e. The highest BCUT2D eigenvalue weighted by Gasteiger charge is 2.29. The molecule has 5 rings (SSSR count). The van der Waals surface area contributed by atoms with E-state index in [1.165, 1.54) is 6.42 Å². The number of carbonyl (C=O) groups excluding carboxylic acids is 1. The molecule has 31 heavy (non-hydrogen) atoms. The molecule has 2 aliphatic heterocycles. The third kappa shape index (κ3) is 3.65. The molecule has 2 aliphatic rings. The molecular weight excluding hydrogens is 392 g/mol. The smallest absolute Gasteiger partial charge is 0.257 e. The molecule has 1 N–H and O–H groups in total. The van der Waals surface area contributed by atoms with Crippen LogP contribution in [0.15, 0.2) is 36.5 Å². The van der Waals surface area contributed by atoms with Crippen LogP contribution in [-0.2, 0) is 0 Å². The lowest BCUT2D eigenvalue weighted by Gasteiger charge is -2.35. The standard InChI is InChI=1S/C24H26N4O3/c1-3-17-6-4-5-11-28(17)24(29)19-13-25-23-18(9-7-15(2)26-23)22(19)27-16-8-10-20-21(12-16)31-14-30-20/h7-10,12-13,17H,3-6,11,14H2,1-2H3,(H,25,26,27)/t17-/m1/s1. The largest absolute Gasteiger partial charge is 0.454 e. The second-order valence-electron chi connectivity index (χ2n) is 8.12. The third-order valence-corrected chi connectivity index (χ3v) is 6.10. The zero-order valence-electron chi connectivity index (χ0n) is 17.9. The number of hydrogen-bond donors (Lipinski definition) is 1. The van der Waals surface area contributed by atoms with Gasteiger partial charge in [-0.1, -0.05) is 6.92 Å². The predicted octanol–water partition coefficient (Wildman–Crippen LogP) is 4.82. The number of carbonyl (C=O) groups is 1. The molecule has 0 aliphatic carbocycles. The Morgan fingerprint density at radius 1 is 1.19 bits per heavy atom. The topological polar surface area (TPSA) is 76.6 Å². The molecule has 0 bridgehead atoms. The van der Waals surface area contributed by atoms with Gasteiger partial charge in [-0.2, -0.15) is 0 Å². The van der Waals surface area contributed by atoms with Crippen molar-refractivity contribution < 1.29 is 14.3 Å². The van der Waals surface area contributed by atoms with Gasteiger partial charge in [0, 0.05) is 41.6 Å². The number of fused-ring (bicyclic) bond motifs is 2. The van der Waals surface area contributed by atoms with E-state index in [9.17, 15) is 4.79 Å². The quantitative estimate of drug-likeness (QED) is 0.655. The first-order valence-electron chi connectivity index (χ1n) is 10.9. The number of nitrogens with zero attached hydrogens (tertiary/aromatic N) is 3. The van der Waals surface area contributed by atoms with Gasteiger partial charge in [0.25, 0.3) is 5.91 Å². The van der Waals surface area contributed by atoms with Crippen molar-refractivity contribution in [1.82, 2.24) is 14.9 Å². The first-order valence-corrected chi connectivity index (χ1v) is 10.9. The second-order valence-corrected chi connectivity index (χ2v) is 8.12. The van der Waals surface area contributed by atoms with Crippen LogP contribution in [0.2, 0.25) is 0 Å². The van der Waals surface area contributed by atoms with Crippen LogP contribution in [0.5, 0.6) is 11.5 Å². The number of aromatic nitrogens is 2. The fourth-order valence-corrected chi connectivity index (χ4v) is 4.43. The molecule has 1 fully saturated rings. The fraction of sp³-hybridized carbons (Fsp3) is 0.375. The van der Waals surface area contributed by atoms with Crippen molar-refractivity contribution in [1.29, 1.82) is 0 Å². The highest BCUT2D eigenvalue weighted by Crippen LogP contribution is 2.37. The van der Waals surface area contributed by atoms with Gasteiger partial charge in [-0.25, -0.2) is 9.97 Å². The molecule has 0 saturated carbocycles. The summed E-state index contributed by atoms with van der Waals surface area (Å²) in [5.41, 5.74) is 3.61. The number of anilines is 2. The number of piperidine rings is 1. The van der Waals surface area contributed by atoms with E-state index in [-0.39, 0.29) is 18.7 Å². The summed E-state index contributed by atoms with van der Waals surface area (Å²) in [4.78, 5) is 24.8. The summed E-state index contributed by atoms with van der Waals surface area (Å²) in [5, 5.41) is 4.27. The molecule has 1 amide bonds. The lowest BCUT2D eigenvalue weighted by atomic mass is 9.98. The number of aryl methyl sites for hydroxylation is 1. The number of amides is 1. The lowest BCUT2D eigenvalue weighted by Crippen LogP contribution is -2.43. The van der Waals surface area contributed by atoms with E-state index < -0.39 is 0 Å². The number of ether oxygens (including phenoxy) is 2. The Morgan fingerprint density at radius 3 is 2.94 bits per heavy atom. The Morgan fingerprint density at radius 2 is 2.06 bits per heavy atom. The molecule has 7 nitrogen and oxygen atoms in total. The Kier molecular flexibility index (Phi) is 5.10. The van der Waals surface area contributed by atoms with Crippen LogP contribution in [0.3, 0.4) is 0 Å². The van der Waals surface area contributed by atoms with Crippen molar-refractivity contribution in [3.63, 3.8) is 0 Å². The van der Waals surface area contributed by atoms with Crippen molar-refractivity contribution in [2.75, 3.05) is 18.7 Å². The third-order valence-electron chi connectivity index (χ3n) is 6.10. The normalized spacial score (nSPS) is 17.7. The van der Waals surface area contributed by atoms with Gasteiger partial charge >= 0.3 is 0 Å². The van der Waals surface area contributed by atoms with E-state index >= 15 is 0 Å². The van der Waals surface area contributed by atoms with Gasteiger partial charge in [-0.05, 0) is 56.9 Å². The number of likely N-dealkylation sites (tertiary alicyclic amines) is 1. The minimum atomic E-state index is 0.0183. The molecule has 1 atom stereocenters. The van der Waals surface area contributed by atoms with E-state index in [0.29, 0.717) is 17.0 Å². The van der Waals surface area contributed by atoms with E-state index in [4.69, 9.17) is 9.47 Å². The van der Waals surface area contributed by atoms with Gasteiger partial charge in [0.05, 0.1) is 11.3 Å². The number of rotatable bonds is 4. The van der Waals surface area contributed by atoms with Gasteiger partial charge in [-0.15, -0.1) is 0 Å². The molecule has 4 heterocycles. The fourth-order valence-electron chi connectivity index (χ4n) is 4.43. The van der Waals surface area contributed by atoms with Gasteiger partial charge in [0.1, 0.15) is 0 Å². The summed E-state index contributed by atoms with van der Waals surface area (Å²) in [6.07, 6.45) is 5.87. The minimum absolute atomic E-state index is 0.0183. The molecule has 0 unspecified atom stereocenters. The summed E-state index contributed by atoms with van der Waals surface area (Å²) in [6, 6.07) is 9.87. The molecule has 1 aromatic carbocycles. The van der Waals surface area contributed by atoms with Crippen molar-refractivity contribution in [2.45, 2.75) is 45.6 Å². The summed E-state index contributed by atoms with van der Waals surface area (Å²) in [5.74, 6) is 1.43. The molecule has 160 valence electrons. The lowest BCUT2D eigenvalue weighted by molar-refractivity contribution is 0.0609. The van der Waals surface area contributed by atoms with Crippen LogP contribution in [0.4, 0.5) is 11.4 Å². The van der Waals surface area contributed by atoms with Crippen LogP contribution in [0.25, 0.3) is 11.0 Å². The summed E-state index contributed by atoms with van der Waals surface area (Å²) in [7, 11) is 0. The molecule has 1 saturated heterocycles. The number of hydrogen-bond acceptors (Lipinski definition) is 6. The van der Waals surface area contributed by atoms with Crippen molar-refractivity contribution in [2.24, 2.45) is 0 Å². The first-order chi connectivity index (χ1) is 15.1. The van der Waals surface area contributed by atoms with Gasteiger partial charge in [0.2, 0.25) is 6.79 Å². The van der Waals surface area contributed by atoms with Crippen LogP contribution in [-0.4, -0.2) is 40.2 Å². The molecule has 2 aromatic heterocycles. The van der Waals surface area contributed by atoms with E-state index in [0.717, 1.165) is 54.0 Å². The van der Waals surface area contributed by atoms with E-state index in [1.807, 2.05) is 42.2 Å². The molecule has 0 radical (unpaired) electrons. The first kappa shape index (κ1) is 19.6. The van der Waals surface area contributed by atoms with Gasteiger partial charge < -0.3 is 19.7 Å². The monoisotopic (exact) mass is 418 g/mol. The van der Waals surface area contributed by atoms with Crippen molar-refractivity contribution in [3.05, 3.63) is 47.8 Å². The zero-order chi connectivity index (χ0) is 21.4. The summed E-state index contributed by atoms with van der Waals surface area (Å²) >= 11 is 0. The number of nitrogens with one attached hydrogen (secondary N) is 1. The highest BCUT2D eigenvalue weighted by atomic mass is 16.7. The van der Waals surface area contributed by atoms with Crippen molar-refractivity contribution in [3.8, 4) is 11.5 Å². The second kappa shape index (κ2) is 8.06. The minimum Gasteiger partial charge on any atom is -0.454 e. The predicted molar refractivity (Wildman–Crippen MR) is 119 cm³/mol. The Labute approximate surface area is 181 Å². The average Bonchev–Trinajstić information content (AvgIpc) is 3.26. The van der Waals surface area contributed by atoms with Crippen LogP contribution in [0, 0.1) is 6.92 Å². The summed E-state index contributed by atoms with van der Waals surface area (Å²) in [6.45, 7) is 5.08. The van der Waals surface area contributed by atoms with Crippen LogP contribution < -0.4 is 14.8 Å². The SMILES string of the molecule is CC[C@@H]1CCCCN1C(=O)c1cnc2nc(C)ccc2c1Nc1ccc2c(c1)OCO2. The zero-order valence-corrected chi connectivity index (χ0v) is 17.9. The van der Waals surface area contributed by atoms with E-state index in [1.54, 1.807) is 6.20 Å².